The molecule has 0 bridgehead atoms. The number of benzene rings is 1. The van der Waals surface area contributed by atoms with Crippen LogP contribution in [-0.2, 0) is 13.0 Å². The van der Waals surface area contributed by atoms with Crippen molar-refractivity contribution in [2.75, 3.05) is 0 Å². The van der Waals surface area contributed by atoms with Crippen LogP contribution in [0.3, 0.4) is 0 Å². The minimum atomic E-state index is -0.391. The topological polar surface area (TPSA) is 34.9 Å². The molecule has 1 aromatic heterocycles. The van der Waals surface area contributed by atoms with Crippen molar-refractivity contribution in [3.63, 3.8) is 0 Å². The van der Waals surface area contributed by atoms with Crippen LogP contribution in [0.25, 0.3) is 0 Å². The Balaban J connectivity index is 2.35. The zero-order valence-corrected chi connectivity index (χ0v) is 13.3. The summed E-state index contributed by atoms with van der Waals surface area (Å²) in [5.74, 6) is -0.490. The van der Waals surface area contributed by atoms with E-state index in [4.69, 9.17) is 0 Å². The normalized spacial score (nSPS) is 10.8. The Labute approximate surface area is 125 Å². The number of aromatic nitrogens is 2. The van der Waals surface area contributed by atoms with Gasteiger partial charge in [0, 0.05) is 12.1 Å². The number of carbonyl (C=O) groups is 1. The maximum Gasteiger partial charge on any atom is 0.169 e. The molecule has 20 heavy (non-hydrogen) atoms. The molecule has 0 radical (unpaired) electrons. The summed E-state index contributed by atoms with van der Waals surface area (Å²) in [5, 5.41) is 4.36. The van der Waals surface area contributed by atoms with Gasteiger partial charge in [0.25, 0.3) is 0 Å². The molecule has 0 aliphatic carbocycles. The molecule has 0 aliphatic rings. The summed E-state index contributed by atoms with van der Waals surface area (Å²) < 4.78 is 15.9. The van der Waals surface area contributed by atoms with Crippen LogP contribution in [0.2, 0.25) is 0 Å². The van der Waals surface area contributed by atoms with Gasteiger partial charge in [-0.3, -0.25) is 9.48 Å². The van der Waals surface area contributed by atoms with Crippen molar-refractivity contribution in [2.24, 2.45) is 0 Å². The molecule has 0 spiro atoms. The molecular weight excluding hydrogens is 323 g/mol. The van der Waals surface area contributed by atoms with E-state index >= 15 is 0 Å². The third kappa shape index (κ3) is 2.82. The fourth-order valence-corrected chi connectivity index (χ4v) is 2.60. The standard InChI is InChI=1S/C15H16BrFN2O/c1-4-19-13(15(16)10(3)18-19)8-14(20)12-7-11(17)6-5-9(12)2/h5-7H,4,8H2,1-3H3. The summed E-state index contributed by atoms with van der Waals surface area (Å²) in [6, 6.07) is 4.29. The molecule has 0 atom stereocenters. The fourth-order valence-electron chi connectivity index (χ4n) is 2.18. The van der Waals surface area contributed by atoms with E-state index in [1.54, 1.807) is 10.7 Å². The Morgan fingerprint density at radius 1 is 1.40 bits per heavy atom. The molecule has 2 rings (SSSR count). The number of hydrogen-bond donors (Lipinski definition) is 0. The Kier molecular flexibility index (Phi) is 4.38. The SMILES string of the molecule is CCn1nc(C)c(Br)c1CC(=O)c1cc(F)ccc1C. The van der Waals surface area contributed by atoms with Gasteiger partial charge in [0.15, 0.2) is 5.78 Å². The van der Waals surface area contributed by atoms with Crippen molar-refractivity contribution in [1.82, 2.24) is 9.78 Å². The minimum absolute atomic E-state index is 0.0997. The van der Waals surface area contributed by atoms with Gasteiger partial charge in [-0.15, -0.1) is 0 Å². The lowest BCUT2D eigenvalue weighted by Crippen LogP contribution is -2.11. The molecule has 0 amide bonds. The molecule has 0 aliphatic heterocycles. The third-order valence-electron chi connectivity index (χ3n) is 3.28. The van der Waals surface area contributed by atoms with Crippen molar-refractivity contribution >= 4 is 21.7 Å². The lowest BCUT2D eigenvalue weighted by molar-refractivity contribution is 0.0989. The average molecular weight is 339 g/mol. The zero-order chi connectivity index (χ0) is 14.9. The van der Waals surface area contributed by atoms with Crippen molar-refractivity contribution in [3.8, 4) is 0 Å². The Morgan fingerprint density at radius 2 is 2.10 bits per heavy atom. The van der Waals surface area contributed by atoms with E-state index in [0.29, 0.717) is 12.1 Å². The lowest BCUT2D eigenvalue weighted by atomic mass is 10.0. The van der Waals surface area contributed by atoms with Gasteiger partial charge in [-0.25, -0.2) is 4.39 Å². The predicted octanol–water partition coefficient (Wildman–Crippen LogP) is 3.85. The molecular formula is C15H16BrFN2O. The molecule has 1 aromatic carbocycles. The molecule has 106 valence electrons. The highest BCUT2D eigenvalue weighted by Crippen LogP contribution is 2.23. The number of hydrogen-bond acceptors (Lipinski definition) is 2. The second kappa shape index (κ2) is 5.87. The van der Waals surface area contributed by atoms with Crippen LogP contribution in [0, 0.1) is 19.7 Å². The van der Waals surface area contributed by atoms with E-state index in [1.165, 1.54) is 12.1 Å². The second-order valence-electron chi connectivity index (χ2n) is 4.72. The van der Waals surface area contributed by atoms with E-state index < -0.39 is 5.82 Å². The number of nitrogens with zero attached hydrogens (tertiary/aromatic N) is 2. The smallest absolute Gasteiger partial charge is 0.169 e. The molecule has 0 N–H and O–H groups in total. The van der Waals surface area contributed by atoms with Crippen molar-refractivity contribution < 1.29 is 9.18 Å². The molecule has 0 saturated heterocycles. The first-order valence-corrected chi connectivity index (χ1v) is 7.24. The first-order valence-electron chi connectivity index (χ1n) is 6.45. The molecule has 2 aromatic rings. The van der Waals surface area contributed by atoms with Gasteiger partial charge in [0.05, 0.1) is 22.3 Å². The quantitative estimate of drug-likeness (QED) is 0.793. The van der Waals surface area contributed by atoms with E-state index in [1.807, 2.05) is 20.8 Å². The molecule has 5 heteroatoms. The molecule has 0 unspecified atom stereocenters. The summed E-state index contributed by atoms with van der Waals surface area (Å²) in [6.45, 7) is 6.36. The summed E-state index contributed by atoms with van der Waals surface area (Å²) in [6.07, 6.45) is 0.208. The van der Waals surface area contributed by atoms with Crippen LogP contribution in [-0.4, -0.2) is 15.6 Å². The number of aryl methyl sites for hydroxylation is 3. The number of carbonyl (C=O) groups excluding carboxylic acids is 1. The Hall–Kier alpha value is -1.49. The summed E-state index contributed by atoms with van der Waals surface area (Å²) in [4.78, 5) is 12.4. The van der Waals surface area contributed by atoms with Crippen LogP contribution in [0.1, 0.15) is 34.2 Å². The van der Waals surface area contributed by atoms with E-state index in [2.05, 4.69) is 21.0 Å². The fraction of sp³-hybridized carbons (Fsp3) is 0.333. The largest absolute Gasteiger partial charge is 0.294 e. The first kappa shape index (κ1) is 14.9. The van der Waals surface area contributed by atoms with Gasteiger partial charge in [0.2, 0.25) is 0 Å². The van der Waals surface area contributed by atoms with Gasteiger partial charge >= 0.3 is 0 Å². The van der Waals surface area contributed by atoms with Crippen molar-refractivity contribution in [2.45, 2.75) is 33.7 Å². The van der Waals surface area contributed by atoms with Gasteiger partial charge in [0.1, 0.15) is 5.82 Å². The Bertz CT molecular complexity index is 664. The monoisotopic (exact) mass is 338 g/mol. The number of halogens is 2. The number of Topliss-reactive ketones (excluding diaryl/α,β-unsaturated/α-hetero) is 1. The van der Waals surface area contributed by atoms with Crippen LogP contribution in [0.4, 0.5) is 4.39 Å². The summed E-state index contributed by atoms with van der Waals surface area (Å²) in [5.41, 5.74) is 2.90. The predicted molar refractivity (Wildman–Crippen MR) is 79.5 cm³/mol. The van der Waals surface area contributed by atoms with Crippen LogP contribution < -0.4 is 0 Å². The van der Waals surface area contributed by atoms with Gasteiger partial charge in [-0.1, -0.05) is 6.07 Å². The van der Waals surface area contributed by atoms with Gasteiger partial charge < -0.3 is 0 Å². The van der Waals surface area contributed by atoms with Crippen LogP contribution in [0.5, 0.6) is 0 Å². The van der Waals surface area contributed by atoms with Crippen LogP contribution >= 0.6 is 15.9 Å². The highest BCUT2D eigenvalue weighted by atomic mass is 79.9. The Morgan fingerprint density at radius 3 is 2.75 bits per heavy atom. The van der Waals surface area contributed by atoms with Crippen molar-refractivity contribution in [3.05, 3.63) is 51.0 Å². The third-order valence-corrected chi connectivity index (χ3v) is 4.31. The maximum atomic E-state index is 13.3. The average Bonchev–Trinajstić information content (AvgIpc) is 2.69. The maximum absolute atomic E-state index is 13.3. The first-order chi connectivity index (χ1) is 9.43. The van der Waals surface area contributed by atoms with Gasteiger partial charge in [-0.2, -0.15) is 5.10 Å². The zero-order valence-electron chi connectivity index (χ0n) is 11.7. The van der Waals surface area contributed by atoms with Crippen LogP contribution in [0.15, 0.2) is 22.7 Å². The highest BCUT2D eigenvalue weighted by Gasteiger charge is 2.18. The summed E-state index contributed by atoms with van der Waals surface area (Å²) in [7, 11) is 0. The second-order valence-corrected chi connectivity index (χ2v) is 5.51. The van der Waals surface area contributed by atoms with E-state index in [0.717, 1.165) is 21.4 Å². The van der Waals surface area contributed by atoms with E-state index in [9.17, 15) is 9.18 Å². The lowest BCUT2D eigenvalue weighted by Gasteiger charge is -2.07. The minimum Gasteiger partial charge on any atom is -0.294 e. The molecule has 1 heterocycles. The molecule has 0 saturated carbocycles. The van der Waals surface area contributed by atoms with Gasteiger partial charge in [-0.05, 0) is 54.4 Å². The molecule has 0 fully saturated rings. The van der Waals surface area contributed by atoms with E-state index in [-0.39, 0.29) is 12.2 Å². The highest BCUT2D eigenvalue weighted by molar-refractivity contribution is 9.10. The molecule has 3 nitrogen and oxygen atoms in total. The van der Waals surface area contributed by atoms with Crippen molar-refractivity contribution in [1.29, 1.82) is 0 Å². The number of rotatable bonds is 4. The number of ketones is 1. The summed E-state index contributed by atoms with van der Waals surface area (Å²) >= 11 is 3.47.